The van der Waals surface area contributed by atoms with Gasteiger partial charge >= 0.3 is 0 Å². The number of hydrogen-bond donors (Lipinski definition) is 2. The first-order chi connectivity index (χ1) is 9.72. The van der Waals surface area contributed by atoms with Crippen molar-refractivity contribution in [3.05, 3.63) is 23.8 Å². The number of nitrogens with one attached hydrogen (secondary N) is 1. The van der Waals surface area contributed by atoms with Crippen LogP contribution in [0.2, 0.25) is 0 Å². The molecule has 0 bridgehead atoms. The summed E-state index contributed by atoms with van der Waals surface area (Å²) >= 11 is 0. The number of phenols is 1. The zero-order chi connectivity index (χ0) is 13.9. The van der Waals surface area contributed by atoms with Crippen molar-refractivity contribution in [2.45, 2.75) is 38.3 Å². The molecule has 20 heavy (non-hydrogen) atoms. The van der Waals surface area contributed by atoms with Crippen molar-refractivity contribution in [2.24, 2.45) is 0 Å². The Bertz CT molecular complexity index is 458. The molecule has 2 unspecified atom stereocenters. The second-order valence-electron chi connectivity index (χ2n) is 6.01. The first-order valence-corrected chi connectivity index (χ1v) is 7.66. The maximum atomic E-state index is 9.47. The number of rotatable bonds is 4. The van der Waals surface area contributed by atoms with Crippen LogP contribution >= 0.6 is 0 Å². The summed E-state index contributed by atoms with van der Waals surface area (Å²) in [6, 6.07) is 6.08. The molecular weight excluding hydrogens is 252 g/mol. The molecule has 0 aromatic heterocycles. The molecule has 4 nitrogen and oxygen atoms in total. The molecule has 3 rings (SSSR count). The third-order valence-corrected chi connectivity index (χ3v) is 4.24. The molecule has 1 aromatic carbocycles. The largest absolute Gasteiger partial charge is 0.508 e. The fraction of sp³-hybridized carbons (Fsp3) is 0.625. The van der Waals surface area contributed by atoms with Gasteiger partial charge in [-0.05, 0) is 45.0 Å². The Labute approximate surface area is 120 Å². The fourth-order valence-corrected chi connectivity index (χ4v) is 3.26. The fourth-order valence-electron chi connectivity index (χ4n) is 3.26. The van der Waals surface area contributed by atoms with Crippen molar-refractivity contribution in [1.29, 1.82) is 0 Å². The van der Waals surface area contributed by atoms with Gasteiger partial charge in [0.25, 0.3) is 0 Å². The highest BCUT2D eigenvalue weighted by molar-refractivity contribution is 5.44. The quantitative estimate of drug-likeness (QED) is 0.885. The maximum Gasteiger partial charge on any atom is 0.127 e. The minimum absolute atomic E-state index is 0.241. The normalized spacial score (nSPS) is 24.1. The zero-order valence-corrected chi connectivity index (χ0v) is 12.1. The average Bonchev–Trinajstić information content (AvgIpc) is 2.82. The number of piperidine rings is 1. The number of ether oxygens (including phenoxy) is 1. The van der Waals surface area contributed by atoms with E-state index in [9.17, 15) is 5.11 Å². The standard InChI is InChI=1S/C16H24N2O2/c1-12(10-18-7-3-2-4-8-18)17-15-11-20-16-9-13(19)5-6-14(15)16/h5-6,9,12,15,17,19H,2-4,7-8,10-11H2,1H3. The lowest BCUT2D eigenvalue weighted by atomic mass is 10.1. The summed E-state index contributed by atoms with van der Waals surface area (Å²) in [5, 5.41) is 13.1. The van der Waals surface area contributed by atoms with Crippen LogP contribution < -0.4 is 10.1 Å². The summed E-state index contributed by atoms with van der Waals surface area (Å²) in [6.07, 6.45) is 4.05. The van der Waals surface area contributed by atoms with Crippen molar-refractivity contribution in [3.8, 4) is 11.5 Å². The highest BCUT2D eigenvalue weighted by Crippen LogP contribution is 2.35. The summed E-state index contributed by atoms with van der Waals surface area (Å²) in [6.45, 7) is 6.47. The van der Waals surface area contributed by atoms with Gasteiger partial charge in [0.2, 0.25) is 0 Å². The Balaban J connectivity index is 1.56. The van der Waals surface area contributed by atoms with Crippen LogP contribution in [0.3, 0.4) is 0 Å². The van der Waals surface area contributed by atoms with Crippen molar-refractivity contribution in [1.82, 2.24) is 10.2 Å². The van der Waals surface area contributed by atoms with Gasteiger partial charge in [0.05, 0.1) is 6.04 Å². The van der Waals surface area contributed by atoms with Gasteiger partial charge < -0.3 is 20.1 Å². The zero-order valence-electron chi connectivity index (χ0n) is 12.1. The molecule has 0 radical (unpaired) electrons. The van der Waals surface area contributed by atoms with Crippen LogP contribution in [0, 0.1) is 0 Å². The van der Waals surface area contributed by atoms with Crippen molar-refractivity contribution < 1.29 is 9.84 Å². The predicted octanol–water partition coefficient (Wildman–Crippen LogP) is 2.29. The lowest BCUT2D eigenvalue weighted by Crippen LogP contribution is -2.43. The molecule has 2 heterocycles. The van der Waals surface area contributed by atoms with Gasteiger partial charge in [-0.25, -0.2) is 0 Å². The number of nitrogens with zero attached hydrogens (tertiary/aromatic N) is 1. The molecule has 2 N–H and O–H groups in total. The van der Waals surface area contributed by atoms with Gasteiger partial charge in [-0.2, -0.15) is 0 Å². The molecule has 4 heteroatoms. The van der Waals surface area contributed by atoms with Gasteiger partial charge in [0.1, 0.15) is 18.1 Å². The summed E-state index contributed by atoms with van der Waals surface area (Å²) in [5.41, 5.74) is 1.16. The van der Waals surface area contributed by atoms with Crippen molar-refractivity contribution >= 4 is 0 Å². The SMILES string of the molecule is CC(CN1CCCCC1)NC1COc2cc(O)ccc21. The van der Waals surface area contributed by atoms with Gasteiger partial charge in [-0.15, -0.1) is 0 Å². The molecule has 0 saturated carbocycles. The Hall–Kier alpha value is -1.26. The van der Waals surface area contributed by atoms with Gasteiger partial charge in [-0.1, -0.05) is 6.42 Å². The van der Waals surface area contributed by atoms with E-state index >= 15 is 0 Å². The van der Waals surface area contributed by atoms with Crippen LogP contribution in [0.4, 0.5) is 0 Å². The summed E-state index contributed by atoms with van der Waals surface area (Å²) in [4.78, 5) is 2.55. The van der Waals surface area contributed by atoms with Crippen LogP contribution in [0.5, 0.6) is 11.5 Å². The predicted molar refractivity (Wildman–Crippen MR) is 79.2 cm³/mol. The highest BCUT2D eigenvalue weighted by Gasteiger charge is 2.26. The number of fused-ring (bicyclic) bond motifs is 1. The molecule has 1 fully saturated rings. The van der Waals surface area contributed by atoms with Gasteiger partial charge in [0, 0.05) is 24.2 Å². The highest BCUT2D eigenvalue weighted by atomic mass is 16.5. The molecule has 2 aliphatic rings. The number of aromatic hydroxyl groups is 1. The molecule has 0 amide bonds. The third kappa shape index (κ3) is 3.07. The lowest BCUT2D eigenvalue weighted by Gasteiger charge is -2.30. The molecule has 2 atom stereocenters. The smallest absolute Gasteiger partial charge is 0.127 e. The topological polar surface area (TPSA) is 44.7 Å². The van der Waals surface area contributed by atoms with Crippen LogP contribution in [0.15, 0.2) is 18.2 Å². The van der Waals surface area contributed by atoms with E-state index in [1.165, 1.54) is 32.4 Å². The van der Waals surface area contributed by atoms with Crippen LogP contribution in [0.1, 0.15) is 37.8 Å². The van der Waals surface area contributed by atoms with Gasteiger partial charge in [0.15, 0.2) is 0 Å². The number of benzene rings is 1. The van der Waals surface area contributed by atoms with Crippen LogP contribution in [-0.2, 0) is 0 Å². The number of likely N-dealkylation sites (tertiary alicyclic amines) is 1. The molecule has 110 valence electrons. The van der Waals surface area contributed by atoms with Crippen LogP contribution in [0.25, 0.3) is 0 Å². The molecule has 1 saturated heterocycles. The second kappa shape index (κ2) is 6.02. The number of hydrogen-bond acceptors (Lipinski definition) is 4. The van der Waals surface area contributed by atoms with Crippen molar-refractivity contribution in [2.75, 3.05) is 26.2 Å². The van der Waals surface area contributed by atoms with E-state index in [0.717, 1.165) is 17.9 Å². The minimum Gasteiger partial charge on any atom is -0.508 e. The Morgan fingerprint density at radius 1 is 1.35 bits per heavy atom. The van der Waals surface area contributed by atoms with Gasteiger partial charge in [-0.3, -0.25) is 0 Å². The van der Waals surface area contributed by atoms with Crippen molar-refractivity contribution in [3.63, 3.8) is 0 Å². The monoisotopic (exact) mass is 276 g/mol. The summed E-state index contributed by atoms with van der Waals surface area (Å²) in [5.74, 6) is 1.08. The second-order valence-corrected chi connectivity index (χ2v) is 6.01. The summed E-state index contributed by atoms with van der Waals surface area (Å²) in [7, 11) is 0. The molecule has 0 spiro atoms. The number of phenolic OH excluding ortho intramolecular Hbond substituents is 1. The van der Waals surface area contributed by atoms with E-state index in [1.807, 2.05) is 6.07 Å². The maximum absolute atomic E-state index is 9.47. The first kappa shape index (κ1) is 13.7. The van der Waals surface area contributed by atoms with E-state index in [2.05, 4.69) is 17.1 Å². The molecule has 2 aliphatic heterocycles. The van der Waals surface area contributed by atoms with E-state index in [-0.39, 0.29) is 11.8 Å². The minimum atomic E-state index is 0.241. The first-order valence-electron chi connectivity index (χ1n) is 7.66. The van der Waals surface area contributed by atoms with E-state index < -0.39 is 0 Å². The van der Waals surface area contributed by atoms with E-state index in [1.54, 1.807) is 12.1 Å². The van der Waals surface area contributed by atoms with E-state index in [0.29, 0.717) is 12.6 Å². The third-order valence-electron chi connectivity index (χ3n) is 4.24. The molecule has 1 aromatic rings. The average molecular weight is 276 g/mol. The Morgan fingerprint density at radius 2 is 2.15 bits per heavy atom. The van der Waals surface area contributed by atoms with E-state index in [4.69, 9.17) is 4.74 Å². The Morgan fingerprint density at radius 3 is 2.95 bits per heavy atom. The molecule has 0 aliphatic carbocycles. The molecular formula is C16H24N2O2. The van der Waals surface area contributed by atoms with Crippen LogP contribution in [-0.4, -0.2) is 42.3 Å². The lowest BCUT2D eigenvalue weighted by molar-refractivity contribution is 0.199. The summed E-state index contributed by atoms with van der Waals surface area (Å²) < 4.78 is 5.65. The Kier molecular flexibility index (Phi) is 4.13.